The van der Waals surface area contributed by atoms with Crippen molar-refractivity contribution in [2.45, 2.75) is 71.3 Å². The summed E-state index contributed by atoms with van der Waals surface area (Å²) in [6.07, 6.45) is 9.66. The van der Waals surface area contributed by atoms with E-state index in [0.717, 1.165) is 36.0 Å². The minimum atomic E-state index is -0.304. The summed E-state index contributed by atoms with van der Waals surface area (Å²) in [7, 11) is 1.49. The van der Waals surface area contributed by atoms with E-state index in [2.05, 4.69) is 34.7 Å². The van der Waals surface area contributed by atoms with Crippen molar-refractivity contribution in [3.05, 3.63) is 34.3 Å². The molecule has 0 aliphatic heterocycles. The van der Waals surface area contributed by atoms with Gasteiger partial charge in [0.15, 0.2) is 0 Å². The molecule has 0 heterocycles. The van der Waals surface area contributed by atoms with Gasteiger partial charge >= 0.3 is 5.97 Å². The lowest BCUT2D eigenvalue weighted by atomic mass is 10.0. The lowest BCUT2D eigenvalue weighted by Crippen LogP contribution is -2.36. The predicted molar refractivity (Wildman–Crippen MR) is 109 cm³/mol. The number of methoxy groups -OCH3 is 1. The van der Waals surface area contributed by atoms with Gasteiger partial charge in [0.05, 0.1) is 7.11 Å². The highest BCUT2D eigenvalue weighted by Crippen LogP contribution is 2.25. The van der Waals surface area contributed by atoms with E-state index in [9.17, 15) is 4.79 Å². The van der Waals surface area contributed by atoms with E-state index < -0.39 is 0 Å². The first-order valence-corrected chi connectivity index (χ1v) is 10.5. The van der Waals surface area contributed by atoms with Gasteiger partial charge in [-0.3, -0.25) is 4.90 Å². The Hall–Kier alpha value is -0.870. The first-order valence-electron chi connectivity index (χ1n) is 9.71. The molecular weight excluding hydrogens is 378 g/mol. The van der Waals surface area contributed by atoms with E-state index in [4.69, 9.17) is 4.74 Å². The Labute approximate surface area is 162 Å². The molecule has 25 heavy (non-hydrogen) atoms. The summed E-state index contributed by atoms with van der Waals surface area (Å²) in [6.45, 7) is 6.34. The highest BCUT2D eigenvalue weighted by atomic mass is 79.9. The van der Waals surface area contributed by atoms with Crippen LogP contribution in [0.15, 0.2) is 28.7 Å². The SMILES string of the molecule is CCCCCCN(CCCCCC)C(C(=O)OC)c1ccc(Br)cc1. The average Bonchev–Trinajstić information content (AvgIpc) is 2.63. The summed E-state index contributed by atoms with van der Waals surface area (Å²) in [5.41, 5.74) is 1.01. The quantitative estimate of drug-likeness (QED) is 0.289. The third kappa shape index (κ3) is 8.37. The van der Waals surface area contributed by atoms with Gasteiger partial charge in [0, 0.05) is 4.47 Å². The third-order valence-electron chi connectivity index (χ3n) is 4.57. The highest BCUT2D eigenvalue weighted by molar-refractivity contribution is 9.10. The molecule has 0 saturated carbocycles. The minimum Gasteiger partial charge on any atom is -0.468 e. The second-order valence-corrected chi connectivity index (χ2v) is 7.55. The third-order valence-corrected chi connectivity index (χ3v) is 5.10. The van der Waals surface area contributed by atoms with Crippen molar-refractivity contribution in [3.8, 4) is 0 Å². The van der Waals surface area contributed by atoms with E-state index in [1.54, 1.807) is 0 Å². The molecule has 0 fully saturated rings. The first kappa shape index (κ1) is 22.2. The summed E-state index contributed by atoms with van der Waals surface area (Å²) in [5, 5.41) is 0. The molecule has 0 radical (unpaired) electrons. The van der Waals surface area contributed by atoms with Crippen LogP contribution in [0.4, 0.5) is 0 Å². The Balaban J connectivity index is 2.87. The normalized spacial score (nSPS) is 12.4. The molecule has 0 aliphatic carbocycles. The van der Waals surface area contributed by atoms with Gasteiger partial charge in [0.25, 0.3) is 0 Å². The van der Waals surface area contributed by atoms with Crippen molar-refractivity contribution < 1.29 is 9.53 Å². The van der Waals surface area contributed by atoms with Crippen molar-refractivity contribution >= 4 is 21.9 Å². The summed E-state index contributed by atoms with van der Waals surface area (Å²) in [6, 6.07) is 7.74. The number of rotatable bonds is 13. The van der Waals surface area contributed by atoms with Gasteiger partial charge < -0.3 is 4.74 Å². The van der Waals surface area contributed by atoms with Crippen molar-refractivity contribution in [1.82, 2.24) is 4.90 Å². The first-order chi connectivity index (χ1) is 12.1. The molecule has 3 nitrogen and oxygen atoms in total. The summed E-state index contributed by atoms with van der Waals surface area (Å²) >= 11 is 3.47. The molecule has 4 heteroatoms. The van der Waals surface area contributed by atoms with Gasteiger partial charge in [-0.15, -0.1) is 0 Å². The van der Waals surface area contributed by atoms with Crippen LogP contribution in [0.2, 0.25) is 0 Å². The highest BCUT2D eigenvalue weighted by Gasteiger charge is 2.28. The van der Waals surface area contributed by atoms with Gasteiger partial charge in [-0.05, 0) is 43.6 Å². The van der Waals surface area contributed by atoms with E-state index in [0.29, 0.717) is 0 Å². The van der Waals surface area contributed by atoms with E-state index >= 15 is 0 Å². The predicted octanol–water partition coefficient (Wildman–Crippen LogP) is 6.13. The fraction of sp³-hybridized carbons (Fsp3) is 0.667. The molecule has 1 atom stereocenters. The lowest BCUT2D eigenvalue weighted by Gasteiger charge is -2.30. The molecule has 1 aromatic rings. The van der Waals surface area contributed by atoms with E-state index in [1.165, 1.54) is 45.6 Å². The Morgan fingerprint density at radius 3 is 1.92 bits per heavy atom. The Bertz CT molecular complexity index is 463. The molecule has 0 aromatic heterocycles. The number of esters is 1. The number of hydrogen-bond acceptors (Lipinski definition) is 3. The molecule has 1 aromatic carbocycles. The fourth-order valence-electron chi connectivity index (χ4n) is 3.11. The number of unbranched alkanes of at least 4 members (excludes halogenated alkanes) is 6. The topological polar surface area (TPSA) is 29.5 Å². The molecule has 142 valence electrons. The molecule has 1 unspecified atom stereocenters. The molecule has 0 aliphatic rings. The van der Waals surface area contributed by atoms with Crippen molar-refractivity contribution in [2.75, 3.05) is 20.2 Å². The fourth-order valence-corrected chi connectivity index (χ4v) is 3.37. The molecule has 0 spiro atoms. The number of hydrogen-bond donors (Lipinski definition) is 0. The number of carbonyl (C=O) groups excluding carboxylic acids is 1. The summed E-state index contributed by atoms with van der Waals surface area (Å²) in [4.78, 5) is 14.9. The van der Waals surface area contributed by atoms with Gasteiger partial charge in [0.1, 0.15) is 6.04 Å². The van der Waals surface area contributed by atoms with Crippen LogP contribution in [0.1, 0.15) is 76.8 Å². The standard InChI is InChI=1S/C21H34BrNO2/c1-4-6-8-10-16-23(17-11-9-7-5-2)20(21(24)25-3)18-12-14-19(22)15-13-18/h12-15,20H,4-11,16-17H2,1-3H3. The zero-order chi connectivity index (χ0) is 18.5. The number of ether oxygens (including phenoxy) is 1. The molecule has 0 saturated heterocycles. The Morgan fingerprint density at radius 2 is 1.48 bits per heavy atom. The van der Waals surface area contributed by atoms with E-state index in [1.807, 2.05) is 24.3 Å². The van der Waals surface area contributed by atoms with Crippen molar-refractivity contribution in [3.63, 3.8) is 0 Å². The maximum Gasteiger partial charge on any atom is 0.327 e. The van der Waals surface area contributed by atoms with Crippen LogP contribution in [-0.4, -0.2) is 31.1 Å². The average molecular weight is 412 g/mol. The minimum absolute atomic E-state index is 0.159. The van der Waals surface area contributed by atoms with Crippen LogP contribution < -0.4 is 0 Å². The molecule has 0 N–H and O–H groups in total. The van der Waals surface area contributed by atoms with Gasteiger partial charge in [-0.1, -0.05) is 80.4 Å². The maximum atomic E-state index is 12.5. The van der Waals surface area contributed by atoms with Gasteiger partial charge in [0.2, 0.25) is 0 Å². The molecule has 1 rings (SSSR count). The zero-order valence-electron chi connectivity index (χ0n) is 16.1. The van der Waals surface area contributed by atoms with Crippen LogP contribution in [0, 0.1) is 0 Å². The lowest BCUT2D eigenvalue weighted by molar-refractivity contribution is -0.147. The molecule has 0 amide bonds. The molecule has 0 bridgehead atoms. The van der Waals surface area contributed by atoms with Crippen molar-refractivity contribution in [1.29, 1.82) is 0 Å². The number of halogens is 1. The van der Waals surface area contributed by atoms with Gasteiger partial charge in [-0.2, -0.15) is 0 Å². The van der Waals surface area contributed by atoms with Crippen LogP contribution in [-0.2, 0) is 9.53 Å². The number of nitrogens with zero attached hydrogens (tertiary/aromatic N) is 1. The van der Waals surface area contributed by atoms with Crippen LogP contribution >= 0.6 is 15.9 Å². The summed E-state index contributed by atoms with van der Waals surface area (Å²) < 4.78 is 6.17. The second-order valence-electron chi connectivity index (χ2n) is 6.63. The Kier molecular flexibility index (Phi) is 11.8. The Morgan fingerprint density at radius 1 is 0.960 bits per heavy atom. The van der Waals surface area contributed by atoms with Crippen LogP contribution in [0.25, 0.3) is 0 Å². The van der Waals surface area contributed by atoms with E-state index in [-0.39, 0.29) is 12.0 Å². The van der Waals surface area contributed by atoms with Crippen molar-refractivity contribution in [2.24, 2.45) is 0 Å². The van der Waals surface area contributed by atoms with Crippen LogP contribution in [0.5, 0.6) is 0 Å². The molecular formula is C21H34BrNO2. The largest absolute Gasteiger partial charge is 0.468 e. The summed E-state index contributed by atoms with van der Waals surface area (Å²) in [5.74, 6) is -0.159. The zero-order valence-corrected chi connectivity index (χ0v) is 17.7. The van der Waals surface area contributed by atoms with Gasteiger partial charge in [-0.25, -0.2) is 4.79 Å². The monoisotopic (exact) mass is 411 g/mol. The smallest absolute Gasteiger partial charge is 0.327 e. The van der Waals surface area contributed by atoms with Crippen LogP contribution in [0.3, 0.4) is 0 Å². The maximum absolute atomic E-state index is 12.5. The number of carbonyl (C=O) groups is 1. The second kappa shape index (κ2) is 13.3. The number of benzene rings is 1.